The number of ether oxygens (including phenoxy) is 3. The van der Waals surface area contributed by atoms with Crippen molar-refractivity contribution in [3.63, 3.8) is 0 Å². The summed E-state index contributed by atoms with van der Waals surface area (Å²) in [5, 5.41) is 0.513. The van der Waals surface area contributed by atoms with Crippen molar-refractivity contribution >= 4 is 54.8 Å². The van der Waals surface area contributed by atoms with Gasteiger partial charge in [-0.3, -0.25) is 14.6 Å². The number of rotatable bonds is 10. The molecule has 0 unspecified atom stereocenters. The number of carbonyl (C=O) groups excluding carboxylic acids is 1. The maximum absolute atomic E-state index is 13.3. The molecule has 0 N–H and O–H groups in total. The molecule has 1 aliphatic rings. The first-order valence-corrected chi connectivity index (χ1v) is 14.1. The second-order valence-corrected chi connectivity index (χ2v) is 11.1. The molecule has 1 saturated heterocycles. The van der Waals surface area contributed by atoms with E-state index in [2.05, 4.69) is 9.88 Å². The summed E-state index contributed by atoms with van der Waals surface area (Å²) in [6, 6.07) is 11.9. The molecular weight excluding hydrogens is 526 g/mol. The van der Waals surface area contributed by atoms with Crippen LogP contribution in [-0.4, -0.2) is 83.1 Å². The number of hydrogen-bond acceptors (Lipinski definition) is 9. The van der Waals surface area contributed by atoms with Crippen LogP contribution in [0, 0.1) is 0 Å². The van der Waals surface area contributed by atoms with Crippen LogP contribution in [0.1, 0.15) is 6.92 Å². The molecule has 2 aromatic carbocycles. The summed E-state index contributed by atoms with van der Waals surface area (Å²) in [6.07, 6.45) is 1.17. The van der Waals surface area contributed by atoms with Gasteiger partial charge in [0, 0.05) is 32.4 Å². The highest BCUT2D eigenvalue weighted by Gasteiger charge is 2.23. The molecule has 1 amide bonds. The number of aromatic nitrogens is 1. The molecule has 4 rings (SSSR count). The van der Waals surface area contributed by atoms with Gasteiger partial charge in [0.1, 0.15) is 11.5 Å². The van der Waals surface area contributed by atoms with Gasteiger partial charge >= 0.3 is 0 Å². The van der Waals surface area contributed by atoms with E-state index in [1.54, 1.807) is 41.3 Å². The largest absolute Gasteiger partial charge is 0.494 e. The summed E-state index contributed by atoms with van der Waals surface area (Å²) in [5.41, 5.74) is 0.647. The number of hydrogen-bond donors (Lipinski definition) is 0. The second-order valence-electron chi connectivity index (χ2n) is 8.09. The fourth-order valence-corrected chi connectivity index (χ4v) is 5.42. The van der Waals surface area contributed by atoms with E-state index >= 15 is 0 Å². The fraction of sp³-hybridized carbons (Fsp3) is 0.417. The highest BCUT2D eigenvalue weighted by molar-refractivity contribution is 7.90. The normalized spacial score (nSPS) is 14.3. The van der Waals surface area contributed by atoms with Crippen molar-refractivity contribution < 1.29 is 27.4 Å². The third-order valence-electron chi connectivity index (χ3n) is 5.55. The molecule has 2 heterocycles. The SMILES string of the molecule is CCOc1ccc(OCC(=O)N(CCN2CCOCC2)c2nc3ccc(S(C)(=O)=O)cc3s2)cc1.Cl. The van der Waals surface area contributed by atoms with Gasteiger partial charge in [0.2, 0.25) is 0 Å². The Morgan fingerprint density at radius 3 is 2.42 bits per heavy atom. The summed E-state index contributed by atoms with van der Waals surface area (Å²) in [6.45, 7) is 6.40. The molecule has 1 aromatic heterocycles. The van der Waals surface area contributed by atoms with Crippen molar-refractivity contribution in [1.29, 1.82) is 0 Å². The number of halogens is 1. The van der Waals surface area contributed by atoms with Gasteiger partial charge in [0.15, 0.2) is 21.6 Å². The highest BCUT2D eigenvalue weighted by Crippen LogP contribution is 2.31. The lowest BCUT2D eigenvalue weighted by Crippen LogP contribution is -2.44. The Hall–Kier alpha value is -2.44. The minimum absolute atomic E-state index is 0. The Morgan fingerprint density at radius 1 is 1.11 bits per heavy atom. The van der Waals surface area contributed by atoms with Crippen molar-refractivity contribution in [3.8, 4) is 11.5 Å². The maximum Gasteiger partial charge on any atom is 0.266 e. The summed E-state index contributed by atoms with van der Waals surface area (Å²) >= 11 is 1.29. The monoisotopic (exact) mass is 555 g/mol. The molecule has 0 bridgehead atoms. The number of anilines is 1. The van der Waals surface area contributed by atoms with Crippen molar-refractivity contribution in [3.05, 3.63) is 42.5 Å². The molecule has 9 nitrogen and oxygen atoms in total. The quantitative estimate of drug-likeness (QED) is 0.376. The first-order chi connectivity index (χ1) is 16.8. The van der Waals surface area contributed by atoms with Crippen molar-refractivity contribution in [2.45, 2.75) is 11.8 Å². The van der Waals surface area contributed by atoms with E-state index in [4.69, 9.17) is 14.2 Å². The van der Waals surface area contributed by atoms with Gasteiger partial charge in [0.25, 0.3) is 5.91 Å². The van der Waals surface area contributed by atoms with Crippen LogP contribution in [0.4, 0.5) is 5.13 Å². The number of sulfone groups is 1. The Balaban J connectivity index is 0.00000361. The van der Waals surface area contributed by atoms with Crippen LogP contribution in [-0.2, 0) is 19.4 Å². The summed E-state index contributed by atoms with van der Waals surface area (Å²) in [7, 11) is -3.34. The predicted octanol–water partition coefficient (Wildman–Crippen LogP) is 3.26. The average molecular weight is 556 g/mol. The summed E-state index contributed by atoms with van der Waals surface area (Å²) in [4.78, 5) is 22.0. The molecule has 12 heteroatoms. The first-order valence-electron chi connectivity index (χ1n) is 11.4. The molecule has 0 aliphatic carbocycles. The van der Waals surface area contributed by atoms with E-state index in [-0.39, 0.29) is 29.8 Å². The van der Waals surface area contributed by atoms with Gasteiger partial charge in [-0.15, -0.1) is 12.4 Å². The van der Waals surface area contributed by atoms with Crippen LogP contribution < -0.4 is 14.4 Å². The molecular formula is C24H30ClN3O6S2. The molecule has 0 radical (unpaired) electrons. The average Bonchev–Trinajstić information content (AvgIpc) is 3.27. The lowest BCUT2D eigenvalue weighted by atomic mass is 10.3. The maximum atomic E-state index is 13.3. The third kappa shape index (κ3) is 7.30. The molecule has 196 valence electrons. The van der Waals surface area contributed by atoms with Gasteiger partial charge < -0.3 is 14.2 Å². The zero-order valence-electron chi connectivity index (χ0n) is 20.2. The number of nitrogens with zero attached hydrogens (tertiary/aromatic N) is 3. The number of fused-ring (bicyclic) bond motifs is 1. The smallest absolute Gasteiger partial charge is 0.266 e. The Labute approximate surface area is 221 Å². The van der Waals surface area contributed by atoms with Crippen molar-refractivity contribution in [2.75, 3.05) is 63.8 Å². The minimum atomic E-state index is -3.34. The van der Waals surface area contributed by atoms with Gasteiger partial charge in [-0.25, -0.2) is 13.4 Å². The molecule has 0 atom stereocenters. The lowest BCUT2D eigenvalue weighted by Gasteiger charge is -2.29. The van der Waals surface area contributed by atoms with Gasteiger partial charge in [-0.2, -0.15) is 0 Å². The number of benzene rings is 2. The lowest BCUT2D eigenvalue weighted by molar-refractivity contribution is -0.120. The molecule has 1 aliphatic heterocycles. The van der Waals surface area contributed by atoms with Crippen molar-refractivity contribution in [1.82, 2.24) is 9.88 Å². The van der Waals surface area contributed by atoms with Crippen molar-refractivity contribution in [2.24, 2.45) is 0 Å². The standard InChI is InChI=1S/C24H29N3O6S2.ClH/c1-3-32-18-4-6-19(7-5-18)33-17-23(28)27(11-10-26-12-14-31-15-13-26)24-25-21-9-8-20(35(2,29)30)16-22(21)34-24;/h4-9,16H,3,10-15,17H2,1-2H3;1H. The van der Waals surface area contributed by atoms with Crippen LogP contribution in [0.5, 0.6) is 11.5 Å². The van der Waals surface area contributed by atoms with E-state index < -0.39 is 9.84 Å². The topological polar surface area (TPSA) is 98.3 Å². The highest BCUT2D eigenvalue weighted by atomic mass is 35.5. The zero-order valence-corrected chi connectivity index (χ0v) is 22.7. The van der Waals surface area contributed by atoms with E-state index in [1.807, 2.05) is 6.92 Å². The van der Waals surface area contributed by atoms with Crippen LogP contribution in [0.2, 0.25) is 0 Å². The van der Waals surface area contributed by atoms with E-state index in [0.29, 0.717) is 54.0 Å². The van der Waals surface area contributed by atoms with Gasteiger partial charge in [-0.1, -0.05) is 11.3 Å². The minimum Gasteiger partial charge on any atom is -0.494 e. The number of thiazole rings is 1. The Kier molecular flexibility index (Phi) is 9.92. The van der Waals surface area contributed by atoms with Crippen LogP contribution in [0.25, 0.3) is 10.2 Å². The van der Waals surface area contributed by atoms with Gasteiger partial charge in [-0.05, 0) is 49.4 Å². The Morgan fingerprint density at radius 2 is 1.78 bits per heavy atom. The van der Waals surface area contributed by atoms with Crippen LogP contribution in [0.15, 0.2) is 47.4 Å². The Bertz CT molecular complexity index is 1260. The molecule has 0 saturated carbocycles. The number of amides is 1. The van der Waals surface area contributed by atoms with E-state index in [0.717, 1.165) is 18.8 Å². The zero-order chi connectivity index (χ0) is 24.8. The van der Waals surface area contributed by atoms with E-state index in [1.165, 1.54) is 23.7 Å². The van der Waals surface area contributed by atoms with Crippen LogP contribution >= 0.6 is 23.7 Å². The summed E-state index contributed by atoms with van der Waals surface area (Å²) in [5.74, 6) is 1.08. The van der Waals surface area contributed by atoms with Crippen LogP contribution in [0.3, 0.4) is 0 Å². The molecule has 1 fully saturated rings. The predicted molar refractivity (Wildman–Crippen MR) is 143 cm³/mol. The first kappa shape index (κ1) is 28.1. The molecule has 0 spiro atoms. The third-order valence-corrected chi connectivity index (χ3v) is 7.70. The second kappa shape index (κ2) is 12.7. The number of morpholine rings is 1. The van der Waals surface area contributed by atoms with E-state index in [9.17, 15) is 13.2 Å². The fourth-order valence-electron chi connectivity index (χ4n) is 3.65. The number of carbonyl (C=O) groups is 1. The van der Waals surface area contributed by atoms with Gasteiger partial charge in [0.05, 0.1) is 34.9 Å². The molecule has 3 aromatic rings. The molecule has 36 heavy (non-hydrogen) atoms. The summed E-state index contributed by atoms with van der Waals surface area (Å²) < 4.78 is 41.2.